The molecule has 28 heavy (non-hydrogen) atoms. The summed E-state index contributed by atoms with van der Waals surface area (Å²) in [5, 5.41) is 0. The average Bonchev–Trinajstić information content (AvgIpc) is 3.36. The van der Waals surface area contributed by atoms with Gasteiger partial charge in [-0.1, -0.05) is 30.3 Å². The third-order valence-electron chi connectivity index (χ3n) is 4.23. The van der Waals surface area contributed by atoms with Gasteiger partial charge in [0, 0.05) is 12.7 Å². The van der Waals surface area contributed by atoms with E-state index in [9.17, 15) is 22.8 Å². The summed E-state index contributed by atoms with van der Waals surface area (Å²) in [4.78, 5) is 24.1. The Balaban J connectivity index is 1.98. The molecule has 1 heterocycles. The first-order valence-electron chi connectivity index (χ1n) is 8.61. The second-order valence-corrected chi connectivity index (χ2v) is 7.41. The highest BCUT2D eigenvalue weighted by atomic mass is 19.4. The van der Waals surface area contributed by atoms with Crippen LogP contribution in [0.1, 0.15) is 26.3 Å². The zero-order chi connectivity index (χ0) is 21.2. The molecule has 0 N–H and O–H groups in total. The highest BCUT2D eigenvalue weighted by Gasteiger charge is 2.64. The standard InChI is InChI=1S/C19H23F3O6/c1-17(2,3)15(23)26-10-13-14(28-13)11-27-16(24)18(25-4,19(20,21)22)12-8-6-5-7-9-12/h5-9,13-14H,10-11H2,1-4H3/t13-,14+,18+/m0/s1. The van der Waals surface area contributed by atoms with Gasteiger partial charge in [-0.3, -0.25) is 4.79 Å². The molecule has 2 rings (SSSR count). The van der Waals surface area contributed by atoms with Crippen LogP contribution in [-0.2, 0) is 34.1 Å². The van der Waals surface area contributed by atoms with Gasteiger partial charge in [-0.05, 0) is 20.8 Å². The Morgan fingerprint density at radius 3 is 1.89 bits per heavy atom. The van der Waals surface area contributed by atoms with Gasteiger partial charge >= 0.3 is 18.1 Å². The molecule has 156 valence electrons. The molecule has 6 nitrogen and oxygen atoms in total. The average molecular weight is 404 g/mol. The lowest BCUT2D eigenvalue weighted by Crippen LogP contribution is -2.52. The summed E-state index contributed by atoms with van der Waals surface area (Å²) in [7, 11) is 0.796. The van der Waals surface area contributed by atoms with Crippen molar-refractivity contribution < 1.29 is 41.7 Å². The molecule has 1 fully saturated rings. The molecule has 1 aromatic rings. The molecule has 1 saturated heterocycles. The number of rotatable bonds is 7. The van der Waals surface area contributed by atoms with Crippen molar-refractivity contribution >= 4 is 11.9 Å². The third kappa shape index (κ3) is 4.64. The molecule has 0 aliphatic carbocycles. The Hall–Kier alpha value is -2.13. The van der Waals surface area contributed by atoms with Crippen LogP contribution in [0.3, 0.4) is 0 Å². The number of alkyl halides is 3. The second kappa shape index (κ2) is 8.08. The van der Waals surface area contributed by atoms with Crippen molar-refractivity contribution in [2.24, 2.45) is 5.41 Å². The van der Waals surface area contributed by atoms with Crippen LogP contribution >= 0.6 is 0 Å². The van der Waals surface area contributed by atoms with Gasteiger partial charge in [-0.2, -0.15) is 13.2 Å². The topological polar surface area (TPSA) is 74.4 Å². The van der Waals surface area contributed by atoms with E-state index in [2.05, 4.69) is 4.74 Å². The normalized spacial score (nSPS) is 21.5. The molecule has 0 unspecified atom stereocenters. The Morgan fingerprint density at radius 1 is 0.964 bits per heavy atom. The van der Waals surface area contributed by atoms with E-state index in [0.717, 1.165) is 19.2 Å². The third-order valence-corrected chi connectivity index (χ3v) is 4.23. The van der Waals surface area contributed by atoms with Gasteiger partial charge in [-0.25, -0.2) is 4.79 Å². The number of carbonyl (C=O) groups excluding carboxylic acids is 2. The predicted octanol–water partition coefficient (Wildman–Crippen LogP) is 2.99. The summed E-state index contributed by atoms with van der Waals surface area (Å²) < 4.78 is 61.0. The van der Waals surface area contributed by atoms with E-state index in [1.54, 1.807) is 20.8 Å². The van der Waals surface area contributed by atoms with Crippen molar-refractivity contribution in [1.82, 2.24) is 0 Å². The molecule has 0 bridgehead atoms. The van der Waals surface area contributed by atoms with Crippen LogP contribution in [0, 0.1) is 5.41 Å². The number of methoxy groups -OCH3 is 1. The van der Waals surface area contributed by atoms with Crippen molar-refractivity contribution in [2.75, 3.05) is 20.3 Å². The number of epoxide rings is 1. The number of benzene rings is 1. The number of hydrogen-bond donors (Lipinski definition) is 0. The minimum atomic E-state index is -5.04. The first kappa shape index (κ1) is 22.2. The van der Waals surface area contributed by atoms with Crippen LogP contribution in [0.15, 0.2) is 30.3 Å². The molecule has 1 aromatic carbocycles. The number of halogens is 3. The maximum atomic E-state index is 13.7. The highest BCUT2D eigenvalue weighted by molar-refractivity contribution is 5.82. The van der Waals surface area contributed by atoms with Crippen molar-refractivity contribution in [1.29, 1.82) is 0 Å². The lowest BCUT2D eigenvalue weighted by molar-refractivity contribution is -0.276. The molecule has 1 aliphatic rings. The van der Waals surface area contributed by atoms with Gasteiger partial charge in [0.05, 0.1) is 5.41 Å². The Morgan fingerprint density at radius 2 is 1.46 bits per heavy atom. The monoisotopic (exact) mass is 404 g/mol. The van der Waals surface area contributed by atoms with Crippen LogP contribution in [-0.4, -0.2) is 50.6 Å². The Kier molecular flexibility index (Phi) is 6.40. The number of hydrogen-bond acceptors (Lipinski definition) is 6. The molecule has 9 heteroatoms. The highest BCUT2D eigenvalue weighted by Crippen LogP contribution is 2.43. The van der Waals surface area contributed by atoms with Crippen LogP contribution in [0.4, 0.5) is 13.2 Å². The van der Waals surface area contributed by atoms with Gasteiger partial charge in [0.25, 0.3) is 5.60 Å². The van der Waals surface area contributed by atoms with E-state index in [0.29, 0.717) is 0 Å². The van der Waals surface area contributed by atoms with E-state index in [4.69, 9.17) is 14.2 Å². The summed E-state index contributed by atoms with van der Waals surface area (Å²) >= 11 is 0. The minimum absolute atomic E-state index is 0.0638. The van der Waals surface area contributed by atoms with Crippen LogP contribution in [0.5, 0.6) is 0 Å². The summed E-state index contributed by atoms with van der Waals surface area (Å²) in [6.07, 6.45) is -6.21. The van der Waals surface area contributed by atoms with Crippen molar-refractivity contribution in [3.05, 3.63) is 35.9 Å². The lowest BCUT2D eigenvalue weighted by atomic mass is 9.93. The minimum Gasteiger partial charge on any atom is -0.462 e. The molecule has 0 radical (unpaired) electrons. The van der Waals surface area contributed by atoms with Crippen LogP contribution in [0.25, 0.3) is 0 Å². The second-order valence-electron chi connectivity index (χ2n) is 7.41. The van der Waals surface area contributed by atoms with Crippen molar-refractivity contribution in [3.8, 4) is 0 Å². The fraction of sp³-hybridized carbons (Fsp3) is 0.579. The SMILES string of the molecule is CO[C@@](C(=O)OC[C@H]1O[C@H]1COC(=O)C(C)(C)C)(c1ccccc1)C(F)(F)F. The molecule has 3 atom stereocenters. The maximum absolute atomic E-state index is 13.7. The fourth-order valence-electron chi connectivity index (χ4n) is 2.49. The molecule has 0 spiro atoms. The van der Waals surface area contributed by atoms with Crippen molar-refractivity contribution in [2.45, 2.75) is 44.8 Å². The van der Waals surface area contributed by atoms with E-state index in [1.165, 1.54) is 18.2 Å². The van der Waals surface area contributed by atoms with Crippen LogP contribution < -0.4 is 0 Å². The summed E-state index contributed by atoms with van der Waals surface area (Å²) in [5.41, 5.74) is -4.31. The molecule has 1 aliphatic heterocycles. The lowest BCUT2D eigenvalue weighted by Gasteiger charge is -2.32. The summed E-state index contributed by atoms with van der Waals surface area (Å²) in [5.74, 6) is -2.02. The van der Waals surface area contributed by atoms with E-state index in [1.807, 2.05) is 0 Å². The van der Waals surface area contributed by atoms with E-state index < -0.39 is 47.9 Å². The quantitative estimate of drug-likeness (QED) is 0.514. The van der Waals surface area contributed by atoms with Gasteiger partial charge in [-0.15, -0.1) is 0 Å². The van der Waals surface area contributed by atoms with Gasteiger partial charge < -0.3 is 18.9 Å². The fourth-order valence-corrected chi connectivity index (χ4v) is 2.49. The van der Waals surface area contributed by atoms with E-state index >= 15 is 0 Å². The largest absolute Gasteiger partial charge is 0.462 e. The first-order chi connectivity index (χ1) is 12.9. The zero-order valence-electron chi connectivity index (χ0n) is 16.0. The van der Waals surface area contributed by atoms with Gasteiger partial charge in [0.2, 0.25) is 0 Å². The maximum Gasteiger partial charge on any atom is 0.432 e. The number of carbonyl (C=O) groups is 2. The number of esters is 2. The van der Waals surface area contributed by atoms with Gasteiger partial charge in [0.1, 0.15) is 25.4 Å². The molecular weight excluding hydrogens is 381 g/mol. The number of ether oxygens (including phenoxy) is 4. The zero-order valence-corrected chi connectivity index (χ0v) is 16.0. The Bertz CT molecular complexity index is 698. The molecule has 0 aromatic heterocycles. The van der Waals surface area contributed by atoms with E-state index in [-0.39, 0.29) is 12.2 Å². The van der Waals surface area contributed by atoms with Crippen molar-refractivity contribution in [3.63, 3.8) is 0 Å². The first-order valence-corrected chi connectivity index (χ1v) is 8.61. The molecule has 0 amide bonds. The molecular formula is C19H23F3O6. The Labute approximate surface area is 160 Å². The van der Waals surface area contributed by atoms with Gasteiger partial charge in [0.15, 0.2) is 0 Å². The smallest absolute Gasteiger partial charge is 0.432 e. The van der Waals surface area contributed by atoms with Crippen LogP contribution in [0.2, 0.25) is 0 Å². The summed E-state index contributed by atoms with van der Waals surface area (Å²) in [6, 6.07) is 6.53. The predicted molar refractivity (Wildman–Crippen MR) is 91.2 cm³/mol. The summed E-state index contributed by atoms with van der Waals surface area (Å²) in [6.45, 7) is 4.59. The molecule has 0 saturated carbocycles.